The van der Waals surface area contributed by atoms with Crippen molar-refractivity contribution in [3.05, 3.63) is 17.4 Å². The summed E-state index contributed by atoms with van der Waals surface area (Å²) in [7, 11) is 0. The minimum Gasteiger partial charge on any atom is -0.339 e. The first kappa shape index (κ1) is 15.7. The summed E-state index contributed by atoms with van der Waals surface area (Å²) >= 11 is 1.51. The van der Waals surface area contributed by atoms with E-state index in [0.717, 1.165) is 23.2 Å². The normalized spacial score (nSPS) is 18.7. The summed E-state index contributed by atoms with van der Waals surface area (Å²) < 4.78 is 0. The van der Waals surface area contributed by atoms with Crippen molar-refractivity contribution >= 4 is 17.2 Å². The van der Waals surface area contributed by atoms with Crippen LogP contribution >= 0.6 is 11.3 Å². The lowest BCUT2D eigenvalue weighted by Gasteiger charge is -2.34. The molecule has 2 aliphatic carbocycles. The van der Waals surface area contributed by atoms with Gasteiger partial charge in [0.05, 0.1) is 12.1 Å². The third kappa shape index (κ3) is 3.66. The molecular weight excluding hydrogens is 322 g/mol. The van der Waals surface area contributed by atoms with Gasteiger partial charge in [0.1, 0.15) is 6.33 Å². The van der Waals surface area contributed by atoms with E-state index >= 15 is 0 Å². The molecule has 0 aromatic carbocycles. The van der Waals surface area contributed by atoms with Crippen LogP contribution in [0.2, 0.25) is 0 Å². The van der Waals surface area contributed by atoms with Crippen LogP contribution in [0, 0.1) is 5.92 Å². The first-order chi connectivity index (χ1) is 11.8. The summed E-state index contributed by atoms with van der Waals surface area (Å²) in [6.45, 7) is 0.947. The number of thiazole rings is 1. The SMILES string of the molecule is O=C(Cc1csc(-c2ncn[nH]2)n1)N(CC1CC1)C1CCCCC1. The maximum atomic E-state index is 12.9. The molecule has 6 nitrogen and oxygen atoms in total. The fraction of sp³-hybridized carbons (Fsp3) is 0.647. The summed E-state index contributed by atoms with van der Waals surface area (Å²) in [4.78, 5) is 23.8. The van der Waals surface area contributed by atoms with Crippen molar-refractivity contribution < 1.29 is 4.79 Å². The van der Waals surface area contributed by atoms with Gasteiger partial charge in [0.15, 0.2) is 10.8 Å². The van der Waals surface area contributed by atoms with Crippen LogP contribution in [0.1, 0.15) is 50.6 Å². The maximum absolute atomic E-state index is 12.9. The van der Waals surface area contributed by atoms with Gasteiger partial charge in [0.25, 0.3) is 0 Å². The Balaban J connectivity index is 1.44. The molecule has 0 bridgehead atoms. The number of hydrogen-bond donors (Lipinski definition) is 1. The highest BCUT2D eigenvalue weighted by Crippen LogP contribution is 2.33. The molecular formula is C17H23N5OS. The Morgan fingerprint density at radius 3 is 2.79 bits per heavy atom. The highest BCUT2D eigenvalue weighted by molar-refractivity contribution is 7.13. The minimum atomic E-state index is 0.239. The Bertz CT molecular complexity index is 673. The van der Waals surface area contributed by atoms with Crippen molar-refractivity contribution in [2.24, 2.45) is 5.92 Å². The number of aromatic nitrogens is 4. The lowest BCUT2D eigenvalue weighted by atomic mass is 9.93. The number of carbonyl (C=O) groups is 1. The van der Waals surface area contributed by atoms with E-state index in [1.54, 1.807) is 0 Å². The lowest BCUT2D eigenvalue weighted by molar-refractivity contribution is -0.133. The van der Waals surface area contributed by atoms with Crippen molar-refractivity contribution in [2.45, 2.75) is 57.4 Å². The smallest absolute Gasteiger partial charge is 0.228 e. The molecule has 2 fully saturated rings. The maximum Gasteiger partial charge on any atom is 0.228 e. The van der Waals surface area contributed by atoms with Crippen molar-refractivity contribution in [3.8, 4) is 10.8 Å². The number of hydrogen-bond acceptors (Lipinski definition) is 5. The molecule has 1 N–H and O–H groups in total. The van der Waals surface area contributed by atoms with Gasteiger partial charge in [0.2, 0.25) is 5.91 Å². The zero-order chi connectivity index (χ0) is 16.4. The summed E-state index contributed by atoms with van der Waals surface area (Å²) in [5.74, 6) is 1.64. The fourth-order valence-corrected chi connectivity index (χ4v) is 4.25. The van der Waals surface area contributed by atoms with E-state index in [-0.39, 0.29) is 5.91 Å². The van der Waals surface area contributed by atoms with Gasteiger partial charge in [-0.3, -0.25) is 9.89 Å². The van der Waals surface area contributed by atoms with E-state index in [2.05, 4.69) is 25.1 Å². The summed E-state index contributed by atoms with van der Waals surface area (Å²) in [5, 5.41) is 9.43. The molecule has 2 aliphatic rings. The molecule has 2 heterocycles. The minimum absolute atomic E-state index is 0.239. The molecule has 24 heavy (non-hydrogen) atoms. The average Bonchev–Trinajstić information content (AvgIpc) is 3.07. The number of rotatable bonds is 6. The van der Waals surface area contributed by atoms with E-state index in [0.29, 0.717) is 18.3 Å². The van der Waals surface area contributed by atoms with Crippen molar-refractivity contribution in [1.82, 2.24) is 25.1 Å². The molecule has 2 aromatic rings. The van der Waals surface area contributed by atoms with E-state index in [1.807, 2.05) is 5.38 Å². The molecule has 4 rings (SSSR count). The molecule has 128 valence electrons. The third-order valence-corrected chi connectivity index (χ3v) is 5.89. The van der Waals surface area contributed by atoms with Crippen LogP contribution in [-0.2, 0) is 11.2 Å². The van der Waals surface area contributed by atoms with Crippen LogP contribution in [0.15, 0.2) is 11.7 Å². The second kappa shape index (κ2) is 7.01. The number of nitrogens with one attached hydrogen (secondary N) is 1. The van der Waals surface area contributed by atoms with Gasteiger partial charge in [-0.1, -0.05) is 19.3 Å². The lowest BCUT2D eigenvalue weighted by Crippen LogP contribution is -2.43. The van der Waals surface area contributed by atoms with Gasteiger partial charge in [-0.05, 0) is 31.6 Å². The van der Waals surface area contributed by atoms with Crippen LogP contribution < -0.4 is 0 Å². The summed E-state index contributed by atoms with van der Waals surface area (Å²) in [6.07, 6.45) is 10.6. The highest BCUT2D eigenvalue weighted by atomic mass is 32.1. The molecule has 0 saturated heterocycles. The van der Waals surface area contributed by atoms with E-state index in [9.17, 15) is 4.79 Å². The number of carbonyl (C=O) groups excluding carboxylic acids is 1. The molecule has 0 unspecified atom stereocenters. The Morgan fingerprint density at radius 2 is 2.08 bits per heavy atom. The van der Waals surface area contributed by atoms with Crippen LogP contribution in [0.3, 0.4) is 0 Å². The van der Waals surface area contributed by atoms with Crippen LogP contribution in [-0.4, -0.2) is 43.6 Å². The zero-order valence-corrected chi connectivity index (χ0v) is 14.6. The molecule has 0 spiro atoms. The van der Waals surface area contributed by atoms with E-state index in [4.69, 9.17) is 0 Å². The Morgan fingerprint density at radius 1 is 1.25 bits per heavy atom. The van der Waals surface area contributed by atoms with Gasteiger partial charge in [-0.2, -0.15) is 5.10 Å². The molecule has 0 radical (unpaired) electrons. The predicted octanol–water partition coefficient (Wildman–Crippen LogP) is 3.04. The number of amides is 1. The van der Waals surface area contributed by atoms with Gasteiger partial charge in [-0.15, -0.1) is 11.3 Å². The highest BCUT2D eigenvalue weighted by Gasteiger charge is 2.32. The molecule has 2 aromatic heterocycles. The number of nitrogens with zero attached hydrogens (tertiary/aromatic N) is 4. The summed E-state index contributed by atoms with van der Waals surface area (Å²) in [5.41, 5.74) is 0.841. The quantitative estimate of drug-likeness (QED) is 0.873. The first-order valence-electron chi connectivity index (χ1n) is 8.89. The Hall–Kier alpha value is -1.76. The third-order valence-electron chi connectivity index (χ3n) is 4.99. The average molecular weight is 345 g/mol. The van der Waals surface area contributed by atoms with Crippen molar-refractivity contribution in [3.63, 3.8) is 0 Å². The molecule has 1 amide bonds. The molecule has 0 atom stereocenters. The van der Waals surface area contributed by atoms with Crippen LogP contribution in [0.5, 0.6) is 0 Å². The topological polar surface area (TPSA) is 74.8 Å². The largest absolute Gasteiger partial charge is 0.339 e. The Labute approximate surface area is 145 Å². The fourth-order valence-electron chi connectivity index (χ4n) is 3.49. The van der Waals surface area contributed by atoms with Gasteiger partial charge >= 0.3 is 0 Å². The second-order valence-corrected chi connectivity index (χ2v) is 7.79. The number of H-pyrrole nitrogens is 1. The second-order valence-electron chi connectivity index (χ2n) is 6.94. The number of aromatic amines is 1. The monoisotopic (exact) mass is 345 g/mol. The van der Waals surface area contributed by atoms with E-state index in [1.165, 1.54) is 62.6 Å². The van der Waals surface area contributed by atoms with Gasteiger partial charge in [-0.25, -0.2) is 9.97 Å². The molecule has 7 heteroatoms. The van der Waals surface area contributed by atoms with Gasteiger partial charge in [0, 0.05) is 18.0 Å². The van der Waals surface area contributed by atoms with Crippen LogP contribution in [0.25, 0.3) is 10.8 Å². The zero-order valence-electron chi connectivity index (χ0n) is 13.8. The molecule has 2 saturated carbocycles. The Kier molecular flexibility index (Phi) is 4.60. The molecule has 0 aliphatic heterocycles. The van der Waals surface area contributed by atoms with Crippen molar-refractivity contribution in [2.75, 3.05) is 6.54 Å². The summed E-state index contributed by atoms with van der Waals surface area (Å²) in [6, 6.07) is 0.444. The van der Waals surface area contributed by atoms with Crippen LogP contribution in [0.4, 0.5) is 0 Å². The standard InChI is InChI=1S/C17H23N5OS/c23-15(8-13-10-24-17(20-13)16-18-11-19-21-16)22(9-12-6-7-12)14-4-2-1-3-5-14/h10-12,14H,1-9H2,(H,18,19,21). The van der Waals surface area contributed by atoms with E-state index < -0.39 is 0 Å². The van der Waals surface area contributed by atoms with Gasteiger partial charge < -0.3 is 4.90 Å². The first-order valence-corrected chi connectivity index (χ1v) is 9.77. The predicted molar refractivity (Wildman–Crippen MR) is 92.5 cm³/mol. The van der Waals surface area contributed by atoms with Crippen molar-refractivity contribution in [1.29, 1.82) is 0 Å².